The van der Waals surface area contributed by atoms with Crippen LogP contribution in [0.2, 0.25) is 0 Å². The molecule has 2 aliphatic rings. The molecule has 1 saturated carbocycles. The zero-order valence-corrected chi connectivity index (χ0v) is 14.4. The van der Waals surface area contributed by atoms with Crippen molar-refractivity contribution in [1.29, 1.82) is 0 Å². The number of aromatic nitrogens is 2. The number of hydrogen-bond donors (Lipinski definition) is 0. The minimum absolute atomic E-state index is 0.187. The summed E-state index contributed by atoms with van der Waals surface area (Å²) < 4.78 is 11.3. The Bertz CT molecular complexity index is 722. The number of aryl methyl sites for hydroxylation is 1. The molecular formula is C19H23N3O2. The lowest BCUT2D eigenvalue weighted by molar-refractivity contribution is -0.310. The van der Waals surface area contributed by atoms with Crippen molar-refractivity contribution in [2.75, 3.05) is 25.7 Å². The molecule has 1 aromatic heterocycles. The Balaban J connectivity index is 1.66. The van der Waals surface area contributed by atoms with Gasteiger partial charge in [0.1, 0.15) is 12.1 Å². The highest BCUT2D eigenvalue weighted by atomic mass is 16.7. The van der Waals surface area contributed by atoms with E-state index >= 15 is 0 Å². The van der Waals surface area contributed by atoms with Gasteiger partial charge in [-0.05, 0) is 12.5 Å². The van der Waals surface area contributed by atoms with Crippen molar-refractivity contribution in [3.05, 3.63) is 54.0 Å². The average molecular weight is 325 g/mol. The summed E-state index contributed by atoms with van der Waals surface area (Å²) in [5, 5.41) is 0. The largest absolute Gasteiger partial charge is 0.353 e. The predicted octanol–water partition coefficient (Wildman–Crippen LogP) is 3.12. The fourth-order valence-electron chi connectivity index (χ4n) is 4.41. The SMILES string of the molecule is COC1(OC)CC2(CN(c3cc(C)ncn3)C2c2ccccc2)C1. The van der Waals surface area contributed by atoms with E-state index in [1.54, 1.807) is 20.5 Å². The number of ether oxygens (including phenoxy) is 2. The highest BCUT2D eigenvalue weighted by Crippen LogP contribution is 2.65. The van der Waals surface area contributed by atoms with Crippen LogP contribution in [0.4, 0.5) is 5.82 Å². The fraction of sp³-hybridized carbons (Fsp3) is 0.474. The highest BCUT2D eigenvalue weighted by Gasteiger charge is 2.67. The predicted molar refractivity (Wildman–Crippen MR) is 91.7 cm³/mol. The van der Waals surface area contributed by atoms with Gasteiger partial charge in [0, 0.05) is 50.8 Å². The lowest BCUT2D eigenvalue weighted by atomic mass is 9.53. The minimum Gasteiger partial charge on any atom is -0.353 e. The molecule has 1 aromatic carbocycles. The van der Waals surface area contributed by atoms with Crippen LogP contribution in [0.5, 0.6) is 0 Å². The van der Waals surface area contributed by atoms with Gasteiger partial charge >= 0.3 is 0 Å². The van der Waals surface area contributed by atoms with Crippen molar-refractivity contribution in [1.82, 2.24) is 9.97 Å². The third-order valence-corrected chi connectivity index (χ3v) is 5.56. The number of benzene rings is 1. The van der Waals surface area contributed by atoms with E-state index in [9.17, 15) is 0 Å². The summed E-state index contributed by atoms with van der Waals surface area (Å²) in [6, 6.07) is 13.0. The average Bonchev–Trinajstić information content (AvgIpc) is 2.55. The molecule has 2 aromatic rings. The topological polar surface area (TPSA) is 47.5 Å². The first-order valence-electron chi connectivity index (χ1n) is 8.32. The quantitative estimate of drug-likeness (QED) is 0.808. The third kappa shape index (κ3) is 2.23. The molecule has 126 valence electrons. The summed E-state index contributed by atoms with van der Waals surface area (Å²) in [4.78, 5) is 11.1. The lowest BCUT2D eigenvalue weighted by Gasteiger charge is -2.67. The number of anilines is 1. The van der Waals surface area contributed by atoms with Crippen molar-refractivity contribution in [3.8, 4) is 0 Å². The molecule has 4 rings (SSSR count). The summed E-state index contributed by atoms with van der Waals surface area (Å²) >= 11 is 0. The summed E-state index contributed by atoms with van der Waals surface area (Å²) in [5.74, 6) is 0.565. The van der Waals surface area contributed by atoms with Gasteiger partial charge in [-0.25, -0.2) is 9.97 Å². The molecule has 5 heteroatoms. The van der Waals surface area contributed by atoms with Crippen molar-refractivity contribution in [2.24, 2.45) is 5.41 Å². The molecule has 1 aliphatic carbocycles. The van der Waals surface area contributed by atoms with Crippen LogP contribution in [-0.2, 0) is 9.47 Å². The van der Waals surface area contributed by atoms with E-state index in [-0.39, 0.29) is 5.41 Å². The van der Waals surface area contributed by atoms with Gasteiger partial charge in [0.25, 0.3) is 0 Å². The van der Waals surface area contributed by atoms with Gasteiger partial charge in [0.05, 0.1) is 6.04 Å². The van der Waals surface area contributed by atoms with Crippen molar-refractivity contribution >= 4 is 5.82 Å². The maximum Gasteiger partial charge on any atom is 0.168 e. The van der Waals surface area contributed by atoms with Crippen molar-refractivity contribution in [2.45, 2.75) is 31.6 Å². The molecule has 24 heavy (non-hydrogen) atoms. The number of methoxy groups -OCH3 is 2. The number of hydrogen-bond acceptors (Lipinski definition) is 5. The van der Waals surface area contributed by atoms with Crippen LogP contribution in [-0.4, -0.2) is 36.5 Å². The summed E-state index contributed by atoms with van der Waals surface area (Å²) in [6.07, 6.45) is 3.47. The first kappa shape index (κ1) is 15.5. The zero-order valence-electron chi connectivity index (χ0n) is 14.4. The second-order valence-corrected chi connectivity index (χ2v) is 6.99. The van der Waals surface area contributed by atoms with Crippen LogP contribution < -0.4 is 4.90 Å². The van der Waals surface area contributed by atoms with E-state index in [2.05, 4.69) is 51.3 Å². The van der Waals surface area contributed by atoms with Crippen molar-refractivity contribution < 1.29 is 9.47 Å². The minimum atomic E-state index is -0.430. The monoisotopic (exact) mass is 325 g/mol. The van der Waals surface area contributed by atoms with E-state index in [4.69, 9.17) is 9.47 Å². The van der Waals surface area contributed by atoms with E-state index < -0.39 is 5.79 Å². The summed E-state index contributed by atoms with van der Waals surface area (Å²) in [6.45, 7) is 2.97. The Kier molecular flexibility index (Phi) is 3.58. The summed E-state index contributed by atoms with van der Waals surface area (Å²) in [7, 11) is 3.47. The molecule has 0 radical (unpaired) electrons. The molecule has 0 amide bonds. The Labute approximate surface area is 142 Å². The molecule has 2 heterocycles. The first-order chi connectivity index (χ1) is 11.6. The molecule has 0 N–H and O–H groups in total. The standard InChI is InChI=1S/C19H23N3O2/c1-14-9-16(21-13-20-14)22-12-18(10-19(11-18,23-2)24-3)17(22)15-7-5-4-6-8-15/h4-9,13,17H,10-12H2,1-3H3. The Hall–Kier alpha value is -1.98. The second-order valence-electron chi connectivity index (χ2n) is 6.99. The van der Waals surface area contributed by atoms with Gasteiger partial charge in [-0.2, -0.15) is 0 Å². The zero-order chi connectivity index (χ0) is 16.8. The fourth-order valence-corrected chi connectivity index (χ4v) is 4.41. The van der Waals surface area contributed by atoms with Gasteiger partial charge < -0.3 is 14.4 Å². The molecule has 1 atom stereocenters. The van der Waals surface area contributed by atoms with E-state index in [1.165, 1.54) is 5.56 Å². The molecular weight excluding hydrogens is 302 g/mol. The number of rotatable bonds is 4. The van der Waals surface area contributed by atoms with Gasteiger partial charge in [-0.15, -0.1) is 0 Å². The lowest BCUT2D eigenvalue weighted by Crippen LogP contribution is -2.70. The molecule has 1 saturated heterocycles. The summed E-state index contributed by atoms with van der Waals surface area (Å²) in [5.41, 5.74) is 2.50. The van der Waals surface area contributed by atoms with Crippen LogP contribution in [0.3, 0.4) is 0 Å². The first-order valence-corrected chi connectivity index (χ1v) is 8.32. The second kappa shape index (κ2) is 5.53. The molecule has 1 spiro atoms. The van der Waals surface area contributed by atoms with Crippen LogP contribution in [0, 0.1) is 12.3 Å². The van der Waals surface area contributed by atoms with Gasteiger partial charge in [-0.3, -0.25) is 0 Å². The Morgan fingerprint density at radius 1 is 1.08 bits per heavy atom. The van der Waals surface area contributed by atoms with E-state index in [1.807, 2.05) is 6.92 Å². The van der Waals surface area contributed by atoms with Crippen LogP contribution in [0.15, 0.2) is 42.7 Å². The molecule has 1 aliphatic heterocycles. The Morgan fingerprint density at radius 3 is 2.42 bits per heavy atom. The molecule has 0 bridgehead atoms. The van der Waals surface area contributed by atoms with Crippen LogP contribution in [0.25, 0.3) is 0 Å². The van der Waals surface area contributed by atoms with E-state index in [0.29, 0.717) is 6.04 Å². The molecule has 5 nitrogen and oxygen atoms in total. The van der Waals surface area contributed by atoms with Gasteiger partial charge in [-0.1, -0.05) is 30.3 Å². The number of nitrogens with zero attached hydrogens (tertiary/aromatic N) is 3. The van der Waals surface area contributed by atoms with Crippen LogP contribution >= 0.6 is 0 Å². The van der Waals surface area contributed by atoms with Crippen LogP contribution in [0.1, 0.15) is 30.1 Å². The van der Waals surface area contributed by atoms with E-state index in [0.717, 1.165) is 30.9 Å². The normalized spacial score (nSPS) is 23.6. The van der Waals surface area contributed by atoms with Crippen molar-refractivity contribution in [3.63, 3.8) is 0 Å². The van der Waals surface area contributed by atoms with Gasteiger partial charge in [0.2, 0.25) is 0 Å². The smallest absolute Gasteiger partial charge is 0.168 e. The maximum absolute atomic E-state index is 5.63. The van der Waals surface area contributed by atoms with Gasteiger partial charge in [0.15, 0.2) is 5.79 Å². The Morgan fingerprint density at radius 2 is 1.79 bits per heavy atom. The third-order valence-electron chi connectivity index (χ3n) is 5.56. The molecule has 1 unspecified atom stereocenters. The highest BCUT2D eigenvalue weighted by molar-refractivity contribution is 5.50. The maximum atomic E-state index is 5.63. The molecule has 2 fully saturated rings.